The van der Waals surface area contributed by atoms with E-state index in [-0.39, 0.29) is 47.7 Å². The van der Waals surface area contributed by atoms with Crippen molar-refractivity contribution in [2.24, 2.45) is 0 Å². The molecule has 2 saturated heterocycles. The standard InChI is InChI=1S/C38H39ClF4N2O6.CH4/c39-13-3-1-2-4-14-49-16-17-50-15-5-6-32(46)25-7-10-28(36(47)48)31(18-25)35-29-11-8-26(44-21-37(40,41)22-44)19-33(29)51-34-20-27(9-12-30(34)35)45-23-38(42,43)24-45;/h7-12,18-20H,1-6,13-17,21-24H2;1H4. The molecule has 4 aliphatic rings. The largest absolute Gasteiger partial charge is 0.545 e. The lowest BCUT2D eigenvalue weighted by atomic mass is 9.88. The van der Waals surface area contributed by atoms with E-state index in [9.17, 15) is 32.3 Å². The Kier molecular flexibility index (Phi) is 12.6. The van der Waals surface area contributed by atoms with Crippen LogP contribution < -0.4 is 19.9 Å². The number of alkyl halides is 5. The van der Waals surface area contributed by atoms with E-state index in [2.05, 4.69) is 0 Å². The van der Waals surface area contributed by atoms with Gasteiger partial charge in [0.2, 0.25) is 18.4 Å². The van der Waals surface area contributed by atoms with E-state index in [1.54, 1.807) is 36.4 Å². The molecule has 0 bridgehead atoms. The molecule has 52 heavy (non-hydrogen) atoms. The highest BCUT2D eigenvalue weighted by Crippen LogP contribution is 2.43. The Morgan fingerprint density at radius 3 is 2.21 bits per heavy atom. The highest BCUT2D eigenvalue weighted by molar-refractivity contribution is 6.17. The molecule has 0 unspecified atom stereocenters. The van der Waals surface area contributed by atoms with Gasteiger partial charge in [0.05, 0.1) is 38.3 Å². The van der Waals surface area contributed by atoms with Gasteiger partial charge in [0.15, 0.2) is 5.78 Å². The predicted octanol–water partition coefficient (Wildman–Crippen LogP) is 6.88. The zero-order chi connectivity index (χ0) is 36.2. The smallest absolute Gasteiger partial charge is 0.361 e. The molecule has 3 heterocycles. The van der Waals surface area contributed by atoms with E-state index in [0.29, 0.717) is 66.3 Å². The van der Waals surface area contributed by atoms with Crippen molar-refractivity contribution >= 4 is 40.0 Å². The molecule has 2 fully saturated rings. The first-order chi connectivity index (χ1) is 24.4. The van der Waals surface area contributed by atoms with Crippen LogP contribution in [-0.4, -0.2) is 82.1 Å². The molecular weight excluding hydrogens is 704 g/mol. The second-order valence-corrected chi connectivity index (χ2v) is 13.5. The van der Waals surface area contributed by atoms with Crippen LogP contribution in [0.3, 0.4) is 0 Å². The van der Waals surface area contributed by atoms with Crippen LogP contribution in [0.5, 0.6) is 0 Å². The molecule has 2 aromatic carbocycles. The Bertz CT molecular complexity index is 1930. The highest BCUT2D eigenvalue weighted by Gasteiger charge is 2.50. The number of unbranched alkanes of at least 4 members (excludes halogenated alkanes) is 3. The van der Waals surface area contributed by atoms with Crippen LogP contribution in [-0.2, 0) is 9.47 Å². The predicted molar refractivity (Wildman–Crippen MR) is 191 cm³/mol. The molecule has 280 valence electrons. The van der Waals surface area contributed by atoms with Crippen LogP contribution in [0.4, 0.5) is 23.2 Å². The number of carboxylic acid groups (broad SMARTS) is 1. The number of hydrogen-bond donors (Lipinski definition) is 0. The summed E-state index contributed by atoms with van der Waals surface area (Å²) < 4.78 is 73.8. The van der Waals surface area contributed by atoms with Crippen LogP contribution in [0.25, 0.3) is 33.4 Å². The van der Waals surface area contributed by atoms with Crippen LogP contribution in [0.2, 0.25) is 0 Å². The number of hydrogen-bond acceptors (Lipinski definition) is 7. The second kappa shape index (κ2) is 16.8. The number of carbonyl (C=O) groups excluding carboxylic acids is 2. The van der Waals surface area contributed by atoms with E-state index in [0.717, 1.165) is 25.7 Å². The third-order valence-electron chi connectivity index (χ3n) is 9.18. The number of rotatable bonds is 17. The minimum absolute atomic E-state index is 0. The van der Waals surface area contributed by atoms with Crippen molar-refractivity contribution in [3.8, 4) is 22.5 Å². The fourth-order valence-corrected chi connectivity index (χ4v) is 6.69. The molecule has 0 aromatic heterocycles. The molecule has 1 aliphatic carbocycles. The number of nitrogens with zero attached hydrogens (tertiary/aromatic N) is 2. The summed E-state index contributed by atoms with van der Waals surface area (Å²) in [4.78, 5) is 27.3. The average Bonchev–Trinajstić information content (AvgIpc) is 3.08. The minimum Gasteiger partial charge on any atom is -0.545 e. The van der Waals surface area contributed by atoms with Crippen LogP contribution >= 0.6 is 11.6 Å². The van der Waals surface area contributed by atoms with Crippen LogP contribution in [0, 0.1) is 0 Å². The summed E-state index contributed by atoms with van der Waals surface area (Å²) in [5, 5.41) is 13.4. The Labute approximate surface area is 304 Å². The fourth-order valence-electron chi connectivity index (χ4n) is 6.50. The van der Waals surface area contributed by atoms with Gasteiger partial charge in [-0.15, -0.1) is 11.6 Å². The number of anilines is 1. The first kappa shape index (κ1) is 39.2. The van der Waals surface area contributed by atoms with E-state index >= 15 is 0 Å². The maximum Gasteiger partial charge on any atom is 0.361 e. The van der Waals surface area contributed by atoms with Crippen molar-refractivity contribution in [3.05, 3.63) is 71.1 Å². The summed E-state index contributed by atoms with van der Waals surface area (Å²) in [5.41, 5.74) is 1.97. The number of carboxylic acids is 1. The lowest BCUT2D eigenvalue weighted by Gasteiger charge is -2.40. The summed E-state index contributed by atoms with van der Waals surface area (Å²) in [7, 11) is 0. The lowest BCUT2D eigenvalue weighted by Crippen LogP contribution is -2.57. The molecule has 0 N–H and O–H groups in total. The van der Waals surface area contributed by atoms with Gasteiger partial charge in [0.1, 0.15) is 11.3 Å². The fraction of sp³-hybridized carbons (Fsp3) is 0.462. The van der Waals surface area contributed by atoms with Gasteiger partial charge < -0.3 is 28.7 Å². The number of aromatic carboxylic acids is 1. The molecular formula is C39H43ClF4N2O6. The Balaban J connectivity index is 0.00000523. The van der Waals surface area contributed by atoms with Gasteiger partial charge in [-0.05, 0) is 49.1 Å². The Morgan fingerprint density at radius 1 is 0.827 bits per heavy atom. The van der Waals surface area contributed by atoms with E-state index in [4.69, 9.17) is 25.5 Å². The number of Topliss-reactive ketones (excluding diaryl/α,β-unsaturated/α-hetero) is 1. The van der Waals surface area contributed by atoms with Crippen molar-refractivity contribution in [2.45, 2.75) is 57.8 Å². The second-order valence-electron chi connectivity index (χ2n) is 13.2. The summed E-state index contributed by atoms with van der Waals surface area (Å²) in [6.07, 6.45) is 4.73. The molecule has 0 atom stereocenters. The van der Waals surface area contributed by atoms with Crippen LogP contribution in [0.15, 0.2) is 59.0 Å². The molecule has 0 radical (unpaired) electrons. The number of halogens is 5. The van der Waals surface area contributed by atoms with Gasteiger partial charge >= 0.3 is 5.92 Å². The summed E-state index contributed by atoms with van der Waals surface area (Å²) >= 11 is 5.68. The van der Waals surface area contributed by atoms with E-state index in [1.165, 1.54) is 27.7 Å². The SMILES string of the molecule is C.O=C(CCCOCCOCCCCCCCl)c1ccc(C(=O)[O-])c(-c2c3ccc(=[N+]4CC(F)(F)C4)cc-3oc3cc(N4CC(F)(F)C4)ccc23)c1. The normalized spacial score (nSPS) is 16.0. The van der Waals surface area contributed by atoms with Gasteiger partial charge in [-0.25, -0.2) is 13.4 Å². The Morgan fingerprint density at radius 2 is 1.54 bits per heavy atom. The third kappa shape index (κ3) is 9.13. The van der Waals surface area contributed by atoms with E-state index < -0.39 is 44.0 Å². The molecule has 8 nitrogen and oxygen atoms in total. The minimum atomic E-state index is -2.81. The van der Waals surface area contributed by atoms with Gasteiger partial charge in [-0.2, -0.15) is 8.78 Å². The molecule has 2 aromatic rings. The maximum absolute atomic E-state index is 13.7. The van der Waals surface area contributed by atoms with Crippen molar-refractivity contribution < 1.29 is 46.1 Å². The summed E-state index contributed by atoms with van der Waals surface area (Å²) in [6, 6.07) is 14.1. The van der Waals surface area contributed by atoms with Crippen molar-refractivity contribution in [1.29, 1.82) is 0 Å². The molecule has 0 saturated carbocycles. The van der Waals surface area contributed by atoms with Gasteiger partial charge in [0, 0.05) is 71.0 Å². The number of benzene rings is 3. The molecule has 0 amide bonds. The van der Waals surface area contributed by atoms with Gasteiger partial charge in [0.25, 0.3) is 5.92 Å². The third-order valence-corrected chi connectivity index (χ3v) is 9.44. The number of ketones is 1. The van der Waals surface area contributed by atoms with Crippen molar-refractivity contribution in [3.63, 3.8) is 0 Å². The number of ether oxygens (including phenoxy) is 2. The average molecular weight is 747 g/mol. The van der Waals surface area contributed by atoms with Crippen LogP contribution in [0.1, 0.15) is 66.7 Å². The van der Waals surface area contributed by atoms with Crippen molar-refractivity contribution in [1.82, 2.24) is 4.58 Å². The quantitative estimate of drug-likeness (QED) is 0.0291. The summed E-state index contributed by atoms with van der Waals surface area (Å²) in [5.74, 6) is -6.36. The monoisotopic (exact) mass is 746 g/mol. The molecule has 0 spiro atoms. The summed E-state index contributed by atoms with van der Waals surface area (Å²) in [6.45, 7) is 0.0375. The topological polar surface area (TPSA) is 95.0 Å². The molecule has 6 rings (SSSR count). The van der Waals surface area contributed by atoms with Crippen molar-refractivity contribution in [2.75, 3.05) is 63.4 Å². The first-order valence-electron chi connectivity index (χ1n) is 17.1. The lowest BCUT2D eigenvalue weighted by molar-refractivity contribution is -0.254. The first-order valence-corrected chi connectivity index (χ1v) is 17.7. The highest BCUT2D eigenvalue weighted by atomic mass is 35.5. The van der Waals surface area contributed by atoms with Gasteiger partial charge in [-0.1, -0.05) is 32.4 Å². The number of carbonyl (C=O) groups is 2. The number of fused-ring (bicyclic) bond motifs is 2. The van der Waals surface area contributed by atoms with Gasteiger partial charge in [-0.3, -0.25) is 4.79 Å². The Hall–Kier alpha value is -4.00. The zero-order valence-electron chi connectivity index (χ0n) is 28.0. The maximum atomic E-state index is 13.7. The zero-order valence-corrected chi connectivity index (χ0v) is 28.8. The van der Waals surface area contributed by atoms with E-state index in [1.807, 2.05) is 0 Å². The molecule has 13 heteroatoms. The molecule has 3 aliphatic heterocycles.